The number of nitrogens with zero attached hydrogens (tertiary/aromatic N) is 1. The van der Waals surface area contributed by atoms with E-state index in [0.29, 0.717) is 5.69 Å². The fraction of sp³-hybridized carbons (Fsp3) is 0.312. The first kappa shape index (κ1) is 18.6. The molecule has 0 bridgehead atoms. The first-order chi connectivity index (χ1) is 11.3. The van der Waals surface area contributed by atoms with Gasteiger partial charge >= 0.3 is 5.97 Å². The van der Waals surface area contributed by atoms with Gasteiger partial charge in [-0.05, 0) is 19.1 Å². The van der Waals surface area contributed by atoms with Gasteiger partial charge in [0, 0.05) is 22.5 Å². The quantitative estimate of drug-likeness (QED) is 0.729. The Kier molecular flexibility index (Phi) is 6.09. The number of hydrogen-bond donors (Lipinski definition) is 2. The van der Waals surface area contributed by atoms with E-state index in [1.807, 2.05) is 24.3 Å². The van der Waals surface area contributed by atoms with Gasteiger partial charge in [-0.1, -0.05) is 28.1 Å². The van der Waals surface area contributed by atoms with Gasteiger partial charge in [0.1, 0.15) is 5.01 Å². The number of ether oxygens (including phenoxy) is 1. The van der Waals surface area contributed by atoms with E-state index in [4.69, 9.17) is 4.74 Å². The summed E-state index contributed by atoms with van der Waals surface area (Å²) in [5.74, 6) is -1.56. The molecule has 8 heteroatoms. The number of carbonyl (C=O) groups is 2. The smallest absolute Gasteiger partial charge is 0.331 e. The normalized spacial score (nSPS) is 13.3. The number of hydrogen-bond acceptors (Lipinski definition) is 5. The summed E-state index contributed by atoms with van der Waals surface area (Å²) >= 11 is 4.85. The molecule has 128 valence electrons. The van der Waals surface area contributed by atoms with Crippen molar-refractivity contribution < 1.29 is 19.4 Å². The highest BCUT2D eigenvalue weighted by Crippen LogP contribution is 2.26. The molecule has 1 aromatic carbocycles. The van der Waals surface area contributed by atoms with Crippen LogP contribution in [0.25, 0.3) is 10.6 Å². The number of carboxylic acids is 1. The fourth-order valence-electron chi connectivity index (χ4n) is 2.10. The van der Waals surface area contributed by atoms with E-state index in [1.165, 1.54) is 25.4 Å². The zero-order valence-corrected chi connectivity index (χ0v) is 15.6. The number of aliphatic carboxylic acids is 1. The molecule has 0 aliphatic heterocycles. The molecular formula is C16H17BrN2O4S. The van der Waals surface area contributed by atoms with Crippen molar-refractivity contribution in [3.8, 4) is 10.6 Å². The molecule has 1 unspecified atom stereocenters. The highest BCUT2D eigenvalue weighted by molar-refractivity contribution is 9.10. The van der Waals surface area contributed by atoms with Crippen molar-refractivity contribution in [2.24, 2.45) is 0 Å². The molecule has 24 heavy (non-hydrogen) atoms. The topological polar surface area (TPSA) is 88.5 Å². The number of halogens is 1. The monoisotopic (exact) mass is 412 g/mol. The standard InChI is InChI=1S/C16H17BrN2O4S/c1-16(9-23-2,15(21)22)19-13(20)7-12-8-24-14(18-12)10-4-3-5-11(17)6-10/h3-6,8H,7,9H2,1-2H3,(H,19,20)(H,21,22). The molecule has 2 aromatic rings. The molecule has 0 fully saturated rings. The summed E-state index contributed by atoms with van der Waals surface area (Å²) in [6.45, 7) is 1.29. The van der Waals surface area contributed by atoms with E-state index in [-0.39, 0.29) is 13.0 Å². The number of carbonyl (C=O) groups excluding carboxylic acids is 1. The number of aromatic nitrogens is 1. The maximum absolute atomic E-state index is 12.1. The number of carboxylic acid groups (broad SMARTS) is 1. The minimum Gasteiger partial charge on any atom is -0.479 e. The Morgan fingerprint density at radius 1 is 1.46 bits per heavy atom. The molecular weight excluding hydrogens is 396 g/mol. The minimum absolute atomic E-state index is 0.0110. The molecule has 0 radical (unpaired) electrons. The first-order valence-corrected chi connectivity index (χ1v) is 8.75. The average molecular weight is 413 g/mol. The third-order valence-electron chi connectivity index (χ3n) is 3.29. The average Bonchev–Trinajstić information content (AvgIpc) is 2.95. The van der Waals surface area contributed by atoms with Crippen LogP contribution in [0.3, 0.4) is 0 Å². The van der Waals surface area contributed by atoms with E-state index < -0.39 is 17.4 Å². The Morgan fingerprint density at radius 2 is 2.21 bits per heavy atom. The van der Waals surface area contributed by atoms with Crippen LogP contribution < -0.4 is 5.32 Å². The van der Waals surface area contributed by atoms with Gasteiger partial charge in [0.2, 0.25) is 5.91 Å². The van der Waals surface area contributed by atoms with E-state index in [0.717, 1.165) is 15.0 Å². The number of methoxy groups -OCH3 is 1. The predicted octanol–water partition coefficient (Wildman–Crippen LogP) is 2.72. The third-order valence-corrected chi connectivity index (χ3v) is 4.72. The van der Waals surface area contributed by atoms with Crippen LogP contribution in [0.4, 0.5) is 0 Å². The van der Waals surface area contributed by atoms with E-state index >= 15 is 0 Å². The van der Waals surface area contributed by atoms with Gasteiger partial charge in [0.05, 0.1) is 18.7 Å². The zero-order valence-electron chi connectivity index (χ0n) is 13.2. The minimum atomic E-state index is -1.46. The summed E-state index contributed by atoms with van der Waals surface area (Å²) in [6.07, 6.45) is 0.0110. The Morgan fingerprint density at radius 3 is 2.83 bits per heavy atom. The lowest BCUT2D eigenvalue weighted by molar-refractivity contribution is -0.149. The van der Waals surface area contributed by atoms with Gasteiger partial charge in [-0.3, -0.25) is 4.79 Å². The van der Waals surface area contributed by atoms with Crippen molar-refractivity contribution >= 4 is 39.1 Å². The maximum Gasteiger partial charge on any atom is 0.331 e. The summed E-state index contributed by atoms with van der Waals surface area (Å²) in [5.41, 5.74) is 0.0861. The van der Waals surface area contributed by atoms with Crippen molar-refractivity contribution in [3.05, 3.63) is 39.8 Å². The number of nitrogens with one attached hydrogen (secondary N) is 1. The summed E-state index contributed by atoms with van der Waals surface area (Å²) < 4.78 is 5.83. The van der Waals surface area contributed by atoms with E-state index in [9.17, 15) is 14.7 Å². The van der Waals surface area contributed by atoms with Crippen molar-refractivity contribution in [2.75, 3.05) is 13.7 Å². The number of thiazole rings is 1. The van der Waals surface area contributed by atoms with Gasteiger partial charge in [0.15, 0.2) is 5.54 Å². The zero-order chi connectivity index (χ0) is 17.7. The first-order valence-electron chi connectivity index (χ1n) is 7.08. The van der Waals surface area contributed by atoms with Gasteiger partial charge in [-0.25, -0.2) is 9.78 Å². The molecule has 0 aliphatic carbocycles. The number of benzene rings is 1. The fourth-order valence-corrected chi connectivity index (χ4v) is 3.31. The molecule has 0 saturated carbocycles. The predicted molar refractivity (Wildman–Crippen MR) is 95.0 cm³/mol. The molecule has 1 heterocycles. The van der Waals surface area contributed by atoms with Crippen LogP contribution in [0, 0.1) is 0 Å². The highest BCUT2D eigenvalue weighted by atomic mass is 79.9. The maximum atomic E-state index is 12.1. The third kappa shape index (κ3) is 4.62. The van der Waals surface area contributed by atoms with Crippen molar-refractivity contribution in [1.82, 2.24) is 10.3 Å². The molecule has 6 nitrogen and oxygen atoms in total. The molecule has 1 atom stereocenters. The summed E-state index contributed by atoms with van der Waals surface area (Å²) in [4.78, 5) is 27.9. The second-order valence-electron chi connectivity index (χ2n) is 5.45. The number of amides is 1. The molecule has 1 amide bonds. The summed E-state index contributed by atoms with van der Waals surface area (Å²) in [6, 6.07) is 7.72. The van der Waals surface area contributed by atoms with Crippen LogP contribution in [-0.2, 0) is 20.7 Å². The Labute approximate surface area is 152 Å². The Balaban J connectivity index is 2.06. The van der Waals surface area contributed by atoms with Crippen LogP contribution in [0.1, 0.15) is 12.6 Å². The molecule has 0 spiro atoms. The van der Waals surface area contributed by atoms with Gasteiger partial charge in [0.25, 0.3) is 0 Å². The van der Waals surface area contributed by atoms with Crippen molar-refractivity contribution in [2.45, 2.75) is 18.9 Å². The summed E-state index contributed by atoms with van der Waals surface area (Å²) in [7, 11) is 1.39. The van der Waals surface area contributed by atoms with Crippen LogP contribution in [0.2, 0.25) is 0 Å². The lowest BCUT2D eigenvalue weighted by Crippen LogP contribution is -2.55. The van der Waals surface area contributed by atoms with Crippen LogP contribution >= 0.6 is 27.3 Å². The molecule has 2 N–H and O–H groups in total. The molecule has 2 rings (SSSR count). The Bertz CT molecular complexity index is 749. The van der Waals surface area contributed by atoms with Crippen molar-refractivity contribution in [3.63, 3.8) is 0 Å². The van der Waals surface area contributed by atoms with Crippen LogP contribution in [0.15, 0.2) is 34.1 Å². The van der Waals surface area contributed by atoms with E-state index in [2.05, 4.69) is 26.2 Å². The lowest BCUT2D eigenvalue weighted by Gasteiger charge is -2.25. The van der Waals surface area contributed by atoms with E-state index in [1.54, 1.807) is 5.38 Å². The highest BCUT2D eigenvalue weighted by Gasteiger charge is 2.35. The van der Waals surface area contributed by atoms with Crippen LogP contribution in [0.5, 0.6) is 0 Å². The van der Waals surface area contributed by atoms with Gasteiger partial charge < -0.3 is 15.2 Å². The molecule has 0 saturated heterocycles. The summed E-state index contributed by atoms with van der Waals surface area (Å²) in [5, 5.41) is 14.3. The molecule has 1 aromatic heterocycles. The largest absolute Gasteiger partial charge is 0.479 e. The second kappa shape index (κ2) is 7.87. The number of rotatable bonds is 7. The van der Waals surface area contributed by atoms with Gasteiger partial charge in [-0.15, -0.1) is 11.3 Å². The Hall–Kier alpha value is -1.77. The SMILES string of the molecule is COCC(C)(NC(=O)Cc1csc(-c2cccc(Br)c2)n1)C(=O)O. The van der Waals surface area contributed by atoms with Gasteiger partial charge in [-0.2, -0.15) is 0 Å². The molecule has 0 aliphatic rings. The van der Waals surface area contributed by atoms with Crippen LogP contribution in [-0.4, -0.2) is 41.2 Å². The lowest BCUT2D eigenvalue weighted by atomic mass is 10.0. The van der Waals surface area contributed by atoms with Crippen molar-refractivity contribution in [1.29, 1.82) is 0 Å². The second-order valence-corrected chi connectivity index (χ2v) is 7.22.